The van der Waals surface area contributed by atoms with Crippen LogP contribution in [-0.2, 0) is 6.54 Å². The van der Waals surface area contributed by atoms with Crippen molar-refractivity contribution in [1.29, 1.82) is 0 Å². The molecule has 1 saturated heterocycles. The summed E-state index contributed by atoms with van der Waals surface area (Å²) >= 11 is 0. The van der Waals surface area contributed by atoms with Crippen LogP contribution in [0.3, 0.4) is 0 Å². The van der Waals surface area contributed by atoms with E-state index < -0.39 is 0 Å². The number of likely N-dealkylation sites (tertiary alicyclic amines) is 1. The Labute approximate surface area is 186 Å². The fraction of sp³-hybridized carbons (Fsp3) is 0.667. The highest BCUT2D eigenvalue weighted by Crippen LogP contribution is 2.32. The zero-order chi connectivity index (χ0) is 19.1. The van der Waals surface area contributed by atoms with E-state index in [2.05, 4.69) is 34.6 Å². The van der Waals surface area contributed by atoms with Crippen LogP contribution in [0.25, 0.3) is 0 Å². The minimum Gasteiger partial charge on any atom is -0.497 e. The molecule has 0 amide bonds. The molecule has 0 bridgehead atoms. The summed E-state index contributed by atoms with van der Waals surface area (Å²) < 4.78 is 10.8. The van der Waals surface area contributed by atoms with Crippen LogP contribution in [0.1, 0.15) is 38.2 Å². The maximum Gasteiger partial charge on any atom is 0.191 e. The summed E-state index contributed by atoms with van der Waals surface area (Å²) in [5.41, 5.74) is 1.22. The minimum atomic E-state index is 0. The third-order valence-corrected chi connectivity index (χ3v) is 5.28. The highest BCUT2D eigenvalue weighted by Gasteiger charge is 2.24. The first-order valence-corrected chi connectivity index (χ1v) is 10.2. The maximum atomic E-state index is 5.39. The van der Waals surface area contributed by atoms with Gasteiger partial charge in [0.25, 0.3) is 0 Å². The van der Waals surface area contributed by atoms with Crippen LogP contribution in [-0.4, -0.2) is 57.3 Å². The van der Waals surface area contributed by atoms with Crippen molar-refractivity contribution in [3.63, 3.8) is 0 Å². The molecule has 7 heteroatoms. The summed E-state index contributed by atoms with van der Waals surface area (Å²) in [6.07, 6.45) is 5.15. The predicted molar refractivity (Wildman–Crippen MR) is 125 cm³/mol. The summed E-state index contributed by atoms with van der Waals surface area (Å²) in [6.45, 7) is 6.96. The molecule has 1 aromatic rings. The van der Waals surface area contributed by atoms with E-state index in [1.807, 2.05) is 6.07 Å². The lowest BCUT2D eigenvalue weighted by Crippen LogP contribution is -2.44. The number of aliphatic imine (C=N–C) groups is 1. The zero-order valence-corrected chi connectivity index (χ0v) is 19.7. The van der Waals surface area contributed by atoms with E-state index in [1.165, 1.54) is 24.8 Å². The molecule has 0 aromatic heterocycles. The maximum absolute atomic E-state index is 5.39. The Morgan fingerprint density at radius 3 is 2.46 bits per heavy atom. The van der Waals surface area contributed by atoms with Gasteiger partial charge in [0.15, 0.2) is 5.96 Å². The summed E-state index contributed by atoms with van der Waals surface area (Å²) in [5.74, 6) is 3.58. The first kappa shape index (κ1) is 23.1. The van der Waals surface area contributed by atoms with Gasteiger partial charge in [-0.1, -0.05) is 12.8 Å². The quantitative estimate of drug-likeness (QED) is 0.309. The van der Waals surface area contributed by atoms with Gasteiger partial charge in [-0.15, -0.1) is 24.0 Å². The predicted octanol–water partition coefficient (Wildman–Crippen LogP) is 3.25. The normalized spacial score (nSPS) is 19.8. The van der Waals surface area contributed by atoms with Gasteiger partial charge in [-0.2, -0.15) is 0 Å². The third-order valence-electron chi connectivity index (χ3n) is 5.28. The number of nitrogens with zero attached hydrogens (tertiary/aromatic N) is 2. The van der Waals surface area contributed by atoms with Crippen molar-refractivity contribution in [2.24, 2.45) is 10.9 Å². The summed E-state index contributed by atoms with van der Waals surface area (Å²) in [5, 5.41) is 7.01. The molecule has 1 heterocycles. The second kappa shape index (κ2) is 11.7. The molecule has 0 spiro atoms. The number of halogens is 1. The Hall–Kier alpha value is -1.22. The number of guanidine groups is 1. The molecule has 1 saturated carbocycles. The van der Waals surface area contributed by atoms with E-state index in [0.29, 0.717) is 6.04 Å². The van der Waals surface area contributed by atoms with Crippen LogP contribution >= 0.6 is 24.0 Å². The fourth-order valence-electron chi connectivity index (χ4n) is 3.59. The third kappa shape index (κ3) is 7.31. The number of nitrogens with one attached hydrogen (secondary N) is 2. The fourth-order valence-corrected chi connectivity index (χ4v) is 3.59. The lowest BCUT2D eigenvalue weighted by molar-refractivity contribution is 0.321. The number of rotatable bonds is 9. The van der Waals surface area contributed by atoms with E-state index >= 15 is 0 Å². The van der Waals surface area contributed by atoms with Crippen molar-refractivity contribution >= 4 is 29.9 Å². The van der Waals surface area contributed by atoms with Crippen LogP contribution in [0.15, 0.2) is 23.2 Å². The summed E-state index contributed by atoms with van der Waals surface area (Å²) in [6, 6.07) is 6.54. The first-order valence-electron chi connectivity index (χ1n) is 10.2. The standard InChI is InChI=1S/C21H34N4O2.HI/c1-4-22-21(23-9-7-16-5-6-16)24-18-8-10-25(15-18)14-17-11-19(26-2)13-20(12-17)27-3;/h11-13,16,18H,4-10,14-15H2,1-3H3,(H2,22,23,24);1H. The number of ether oxygens (including phenoxy) is 2. The van der Waals surface area contributed by atoms with Gasteiger partial charge in [-0.25, -0.2) is 0 Å². The van der Waals surface area contributed by atoms with Gasteiger partial charge < -0.3 is 20.1 Å². The second-order valence-corrected chi connectivity index (χ2v) is 7.58. The molecular weight excluding hydrogens is 467 g/mol. The number of hydrogen-bond donors (Lipinski definition) is 2. The Morgan fingerprint density at radius 2 is 1.86 bits per heavy atom. The number of methoxy groups -OCH3 is 2. The average Bonchev–Trinajstić information content (AvgIpc) is 3.40. The molecular formula is C21H35IN4O2. The molecule has 6 nitrogen and oxygen atoms in total. The van der Waals surface area contributed by atoms with Crippen LogP contribution in [0.5, 0.6) is 11.5 Å². The van der Waals surface area contributed by atoms with E-state index in [0.717, 1.165) is 62.5 Å². The first-order chi connectivity index (χ1) is 13.2. The van der Waals surface area contributed by atoms with Gasteiger partial charge in [-0.05, 0) is 43.4 Å². The van der Waals surface area contributed by atoms with Crippen LogP contribution in [0.4, 0.5) is 0 Å². The molecule has 1 aliphatic heterocycles. The van der Waals surface area contributed by atoms with Crippen LogP contribution in [0, 0.1) is 5.92 Å². The molecule has 1 unspecified atom stereocenters. The van der Waals surface area contributed by atoms with Crippen molar-refractivity contribution in [2.45, 2.75) is 45.2 Å². The molecule has 1 aromatic carbocycles. The van der Waals surface area contributed by atoms with E-state index in [1.54, 1.807) is 14.2 Å². The Bertz CT molecular complexity index is 615. The SMILES string of the molecule is CCNC(=NCCC1CC1)NC1CCN(Cc2cc(OC)cc(OC)c2)C1.I. The average molecular weight is 502 g/mol. The topological polar surface area (TPSA) is 58.1 Å². The smallest absolute Gasteiger partial charge is 0.191 e. The van der Waals surface area contributed by atoms with E-state index in [9.17, 15) is 0 Å². The van der Waals surface area contributed by atoms with Crippen molar-refractivity contribution in [3.05, 3.63) is 23.8 Å². The van der Waals surface area contributed by atoms with Crippen molar-refractivity contribution < 1.29 is 9.47 Å². The molecule has 2 aliphatic rings. The molecule has 158 valence electrons. The van der Waals surface area contributed by atoms with Gasteiger partial charge >= 0.3 is 0 Å². The van der Waals surface area contributed by atoms with Crippen LogP contribution < -0.4 is 20.1 Å². The van der Waals surface area contributed by atoms with Gasteiger partial charge in [0.1, 0.15) is 11.5 Å². The minimum absolute atomic E-state index is 0. The Morgan fingerprint density at radius 1 is 1.14 bits per heavy atom. The highest BCUT2D eigenvalue weighted by molar-refractivity contribution is 14.0. The summed E-state index contributed by atoms with van der Waals surface area (Å²) in [7, 11) is 3.39. The Balaban J connectivity index is 0.00000280. The highest BCUT2D eigenvalue weighted by atomic mass is 127. The zero-order valence-electron chi connectivity index (χ0n) is 17.4. The monoisotopic (exact) mass is 502 g/mol. The summed E-state index contributed by atoms with van der Waals surface area (Å²) in [4.78, 5) is 7.23. The number of benzene rings is 1. The molecule has 2 fully saturated rings. The van der Waals surface area contributed by atoms with Crippen LogP contribution in [0.2, 0.25) is 0 Å². The lowest BCUT2D eigenvalue weighted by Gasteiger charge is -2.19. The Kier molecular flexibility index (Phi) is 9.64. The molecule has 28 heavy (non-hydrogen) atoms. The van der Waals surface area contributed by atoms with Gasteiger partial charge in [0, 0.05) is 44.8 Å². The van der Waals surface area contributed by atoms with Crippen molar-refractivity contribution in [1.82, 2.24) is 15.5 Å². The van der Waals surface area contributed by atoms with Gasteiger partial charge in [0.05, 0.1) is 14.2 Å². The molecule has 2 N–H and O–H groups in total. The van der Waals surface area contributed by atoms with E-state index in [-0.39, 0.29) is 24.0 Å². The van der Waals surface area contributed by atoms with Gasteiger partial charge in [-0.3, -0.25) is 9.89 Å². The van der Waals surface area contributed by atoms with Gasteiger partial charge in [0.2, 0.25) is 0 Å². The molecule has 0 radical (unpaired) electrons. The molecule has 1 aliphatic carbocycles. The van der Waals surface area contributed by atoms with Crippen molar-refractivity contribution in [2.75, 3.05) is 40.4 Å². The number of hydrogen-bond acceptors (Lipinski definition) is 4. The van der Waals surface area contributed by atoms with Crippen molar-refractivity contribution in [3.8, 4) is 11.5 Å². The van der Waals surface area contributed by atoms with E-state index in [4.69, 9.17) is 14.5 Å². The second-order valence-electron chi connectivity index (χ2n) is 7.58. The molecule has 3 rings (SSSR count). The molecule has 1 atom stereocenters. The lowest BCUT2D eigenvalue weighted by atomic mass is 10.2. The largest absolute Gasteiger partial charge is 0.497 e.